The maximum absolute atomic E-state index is 10.6. The second kappa shape index (κ2) is 12.1. The molecule has 2 aromatic heterocycles. The van der Waals surface area contributed by atoms with Gasteiger partial charge in [0.05, 0.1) is 17.5 Å². The highest BCUT2D eigenvalue weighted by atomic mass is 32.2. The molecule has 0 radical (unpaired) electrons. The molecular weight excluding hydrogens is 542 g/mol. The summed E-state index contributed by atoms with van der Waals surface area (Å²) in [4.78, 5) is 24.3. The fraction of sp³-hybridized carbons (Fsp3) is 0.526. The molecule has 2 aromatic rings. The molecule has 4 heterocycles. The van der Waals surface area contributed by atoms with E-state index in [1.165, 1.54) is 0 Å². The SMILES string of the molecule is Cc1nnc(N2CC3(CC(OCc4cccnc4)CS3)C2)s1.O=C(O)C(F)(F)F.O=C(O)C(F)(F)F. The maximum Gasteiger partial charge on any atom is 0.490 e. The van der Waals surface area contributed by atoms with E-state index >= 15 is 0 Å². The molecule has 1 atom stereocenters. The molecule has 36 heavy (non-hydrogen) atoms. The van der Waals surface area contributed by atoms with Crippen LogP contribution in [-0.2, 0) is 20.9 Å². The summed E-state index contributed by atoms with van der Waals surface area (Å²) in [5, 5.41) is 24.7. The van der Waals surface area contributed by atoms with Gasteiger partial charge in [-0.05, 0) is 25.0 Å². The summed E-state index contributed by atoms with van der Waals surface area (Å²) in [6, 6.07) is 4.02. The van der Waals surface area contributed by atoms with E-state index in [4.69, 9.17) is 24.5 Å². The molecule has 1 spiro atoms. The fourth-order valence-corrected chi connectivity index (χ4v) is 5.26. The van der Waals surface area contributed by atoms with Crippen molar-refractivity contribution in [3.8, 4) is 0 Å². The fourth-order valence-electron chi connectivity index (χ4n) is 3.03. The maximum atomic E-state index is 10.6. The summed E-state index contributed by atoms with van der Waals surface area (Å²) in [5.41, 5.74) is 1.15. The summed E-state index contributed by atoms with van der Waals surface area (Å²) in [7, 11) is 0. The van der Waals surface area contributed by atoms with Crippen molar-refractivity contribution < 1.29 is 50.9 Å². The van der Waals surface area contributed by atoms with Crippen LogP contribution < -0.4 is 4.90 Å². The van der Waals surface area contributed by atoms with Crippen LogP contribution in [0.3, 0.4) is 0 Å². The highest BCUT2D eigenvalue weighted by Gasteiger charge is 2.50. The number of aryl methyl sites for hydroxylation is 1. The lowest BCUT2D eigenvalue weighted by atomic mass is 9.93. The zero-order chi connectivity index (χ0) is 27.1. The smallest absolute Gasteiger partial charge is 0.475 e. The Morgan fingerprint density at radius 3 is 2.17 bits per heavy atom. The molecule has 2 aliphatic rings. The van der Waals surface area contributed by atoms with E-state index in [0.29, 0.717) is 17.5 Å². The van der Waals surface area contributed by atoms with Gasteiger partial charge in [0.1, 0.15) is 5.01 Å². The highest BCUT2D eigenvalue weighted by Crippen LogP contribution is 2.47. The molecule has 17 heteroatoms. The Morgan fingerprint density at radius 2 is 1.72 bits per heavy atom. The van der Waals surface area contributed by atoms with Crippen LogP contribution in [0.2, 0.25) is 0 Å². The van der Waals surface area contributed by atoms with Crippen molar-refractivity contribution in [1.29, 1.82) is 0 Å². The number of rotatable bonds is 4. The molecule has 2 N–H and O–H groups in total. The summed E-state index contributed by atoms with van der Waals surface area (Å²) >= 11 is 3.73. The lowest BCUT2D eigenvalue weighted by Crippen LogP contribution is -2.59. The van der Waals surface area contributed by atoms with E-state index in [9.17, 15) is 26.3 Å². The molecule has 200 valence electrons. The average Bonchev–Trinajstić information content (AvgIpc) is 3.38. The van der Waals surface area contributed by atoms with Gasteiger partial charge in [0.15, 0.2) is 0 Å². The van der Waals surface area contributed by atoms with Gasteiger partial charge >= 0.3 is 24.3 Å². The number of carboxylic acid groups (broad SMARTS) is 2. The van der Waals surface area contributed by atoms with Crippen molar-refractivity contribution in [3.05, 3.63) is 35.1 Å². The first-order valence-electron chi connectivity index (χ1n) is 9.91. The normalized spacial score (nSPS) is 18.4. The molecule has 0 saturated carbocycles. The minimum absolute atomic E-state index is 0.350. The van der Waals surface area contributed by atoms with Crippen molar-refractivity contribution in [2.45, 2.75) is 43.2 Å². The first-order chi connectivity index (χ1) is 16.6. The highest BCUT2D eigenvalue weighted by molar-refractivity contribution is 8.01. The Kier molecular flexibility index (Phi) is 9.90. The molecule has 2 aliphatic heterocycles. The minimum atomic E-state index is -5.08. The van der Waals surface area contributed by atoms with Crippen molar-refractivity contribution in [2.75, 3.05) is 23.7 Å². The number of aliphatic carboxylic acids is 2. The zero-order valence-corrected chi connectivity index (χ0v) is 20.0. The number of pyridine rings is 1. The van der Waals surface area contributed by atoms with Gasteiger partial charge in [-0.1, -0.05) is 17.4 Å². The van der Waals surface area contributed by atoms with Crippen LogP contribution >= 0.6 is 23.1 Å². The van der Waals surface area contributed by atoms with Crippen LogP contribution in [-0.4, -0.2) is 79.4 Å². The molecule has 2 saturated heterocycles. The quantitative estimate of drug-likeness (QED) is 0.532. The van der Waals surface area contributed by atoms with E-state index in [2.05, 4.69) is 37.9 Å². The molecular formula is C19H20F6N4O5S2. The third kappa shape index (κ3) is 9.09. The Labute approximate surface area is 208 Å². The number of alkyl halides is 6. The van der Waals surface area contributed by atoms with E-state index in [-0.39, 0.29) is 0 Å². The van der Waals surface area contributed by atoms with E-state index in [0.717, 1.165) is 41.0 Å². The topological polar surface area (TPSA) is 126 Å². The number of carboxylic acids is 2. The largest absolute Gasteiger partial charge is 0.490 e. The van der Waals surface area contributed by atoms with Gasteiger partial charge in [-0.25, -0.2) is 9.59 Å². The van der Waals surface area contributed by atoms with Crippen LogP contribution in [0.1, 0.15) is 17.0 Å². The molecule has 0 aliphatic carbocycles. The van der Waals surface area contributed by atoms with Crippen molar-refractivity contribution >= 4 is 40.2 Å². The number of anilines is 1. The number of ether oxygens (including phenoxy) is 1. The Morgan fingerprint density at radius 1 is 1.14 bits per heavy atom. The second-order valence-electron chi connectivity index (χ2n) is 7.56. The van der Waals surface area contributed by atoms with Crippen LogP contribution in [0, 0.1) is 6.92 Å². The lowest BCUT2D eigenvalue weighted by Gasteiger charge is -2.47. The monoisotopic (exact) mass is 562 g/mol. The van der Waals surface area contributed by atoms with Gasteiger partial charge < -0.3 is 19.8 Å². The summed E-state index contributed by atoms with van der Waals surface area (Å²) in [5.74, 6) is -4.43. The minimum Gasteiger partial charge on any atom is -0.475 e. The third-order valence-electron chi connectivity index (χ3n) is 4.61. The van der Waals surface area contributed by atoms with Gasteiger partial charge in [-0.15, -0.1) is 22.0 Å². The van der Waals surface area contributed by atoms with Gasteiger partial charge in [0, 0.05) is 31.2 Å². The van der Waals surface area contributed by atoms with Crippen molar-refractivity contribution in [1.82, 2.24) is 15.2 Å². The molecule has 0 amide bonds. The predicted octanol–water partition coefficient (Wildman–Crippen LogP) is 3.79. The summed E-state index contributed by atoms with van der Waals surface area (Å²) < 4.78 is 69.9. The lowest BCUT2D eigenvalue weighted by molar-refractivity contribution is -0.193. The average molecular weight is 563 g/mol. The number of halogens is 6. The van der Waals surface area contributed by atoms with Crippen LogP contribution in [0.25, 0.3) is 0 Å². The van der Waals surface area contributed by atoms with Crippen molar-refractivity contribution in [3.63, 3.8) is 0 Å². The molecule has 9 nitrogen and oxygen atoms in total. The molecule has 0 bridgehead atoms. The predicted molar refractivity (Wildman–Crippen MR) is 117 cm³/mol. The van der Waals surface area contributed by atoms with Gasteiger partial charge in [0.2, 0.25) is 5.13 Å². The number of carbonyl (C=O) groups is 2. The molecule has 0 aromatic carbocycles. The van der Waals surface area contributed by atoms with Gasteiger partial charge in [-0.2, -0.15) is 26.3 Å². The number of thioether (sulfide) groups is 1. The molecule has 1 unspecified atom stereocenters. The number of hydrogen-bond acceptors (Lipinski definition) is 9. The van der Waals surface area contributed by atoms with E-state index in [1.54, 1.807) is 17.5 Å². The summed E-state index contributed by atoms with van der Waals surface area (Å²) in [6.07, 6.45) is -5.02. The first-order valence-corrected chi connectivity index (χ1v) is 11.7. The number of aromatic nitrogens is 3. The third-order valence-corrected chi connectivity index (χ3v) is 7.09. The van der Waals surface area contributed by atoms with E-state index < -0.39 is 24.3 Å². The van der Waals surface area contributed by atoms with E-state index in [1.807, 2.05) is 19.2 Å². The molecule has 4 rings (SSSR count). The van der Waals surface area contributed by atoms with Crippen LogP contribution in [0.15, 0.2) is 24.5 Å². The Bertz CT molecular complexity index is 992. The standard InChI is InChI=1S/C15H18N4OS2.2C2HF3O2/c1-11-17-18-14(22-11)19-9-15(10-19)5-13(8-21-15)20-7-12-3-2-4-16-6-12;2*3-2(4,5)1(6)7/h2-4,6,13H,5,7-10H2,1H3;2*(H,6,7). The van der Waals surface area contributed by atoms with Gasteiger partial charge in [-0.3, -0.25) is 4.98 Å². The van der Waals surface area contributed by atoms with Crippen LogP contribution in [0.5, 0.6) is 0 Å². The first kappa shape index (κ1) is 29.6. The number of nitrogens with zero attached hydrogens (tertiary/aromatic N) is 4. The second-order valence-corrected chi connectivity index (χ2v) is 10.2. The Balaban J connectivity index is 0.000000271. The molecule has 2 fully saturated rings. The zero-order valence-electron chi connectivity index (χ0n) is 18.4. The van der Waals surface area contributed by atoms with Gasteiger partial charge in [0.25, 0.3) is 0 Å². The Hall–Kier alpha value is -2.66. The van der Waals surface area contributed by atoms with Crippen LogP contribution in [0.4, 0.5) is 31.5 Å². The number of hydrogen-bond donors (Lipinski definition) is 2. The summed E-state index contributed by atoms with van der Waals surface area (Å²) in [6.45, 7) is 4.80. The van der Waals surface area contributed by atoms with Crippen molar-refractivity contribution in [2.24, 2.45) is 0 Å².